The molecule has 0 aromatic carbocycles. The highest BCUT2D eigenvalue weighted by Crippen LogP contribution is 2.19. The first kappa shape index (κ1) is 42.2. The number of methoxy groups -OCH3 is 1. The molecule has 1 aliphatic rings. The Morgan fingerprint density at radius 3 is 1.00 bits per heavy atom. The molecule has 14 heteroatoms. The van der Waals surface area contributed by atoms with Crippen molar-refractivity contribution in [3.8, 4) is 0 Å². The van der Waals surface area contributed by atoms with Gasteiger partial charge in [0.1, 0.15) is 6.54 Å². The maximum Gasteiger partial charge on any atom is 0.194 e. The number of allylic oxidation sites excluding steroid dienone is 1. The van der Waals surface area contributed by atoms with Crippen LogP contribution in [0, 0.1) is 0 Å². The first-order valence-electron chi connectivity index (χ1n) is 16.2. The number of aliphatic hydroxyl groups is 1. The lowest BCUT2D eigenvalue weighted by molar-refractivity contribution is -0.911. The lowest BCUT2D eigenvalue weighted by Crippen LogP contribution is -2.51. The standard InChI is InChI=1S/C31H62NO13/c1-32(6-4-3-5-31(32)33)7-8-35-11-12-37-15-16-39-19-20-41-23-24-43-27-28-45-30-29-44-26-25-42-22-21-40-18-17-38-14-13-36-10-9-34-2/h4,6,31,33H,3,5,7-30H2,1-2H3/q+1. The van der Waals surface area contributed by atoms with Crippen LogP contribution in [0.1, 0.15) is 12.8 Å². The lowest BCUT2D eigenvalue weighted by atomic mass is 10.1. The highest BCUT2D eigenvalue weighted by Gasteiger charge is 2.30. The van der Waals surface area contributed by atoms with Crippen molar-refractivity contribution >= 4 is 0 Å². The molecule has 2 atom stereocenters. The number of hydrogen-bond donors (Lipinski definition) is 1. The molecule has 0 amide bonds. The third kappa shape index (κ3) is 28.0. The van der Waals surface area contributed by atoms with Crippen LogP contribution in [0.5, 0.6) is 0 Å². The van der Waals surface area contributed by atoms with Crippen LogP contribution >= 0.6 is 0 Å². The quantitative estimate of drug-likeness (QED) is 0.0758. The minimum atomic E-state index is -0.351. The highest BCUT2D eigenvalue weighted by molar-refractivity contribution is 4.80. The van der Waals surface area contributed by atoms with Crippen LogP contribution in [0.15, 0.2) is 12.3 Å². The molecule has 1 N–H and O–H groups in total. The summed E-state index contributed by atoms with van der Waals surface area (Å²) in [5, 5.41) is 10.1. The van der Waals surface area contributed by atoms with Crippen LogP contribution in [-0.2, 0) is 56.8 Å². The number of nitrogens with zero attached hydrogens (tertiary/aromatic N) is 1. The minimum Gasteiger partial charge on any atom is -0.382 e. The first-order chi connectivity index (χ1) is 22.2. The normalized spacial score (nSPS) is 18.2. The molecule has 0 saturated carbocycles. The number of aliphatic hydroxyl groups excluding tert-OH is 1. The molecule has 0 bridgehead atoms. The Morgan fingerprint density at radius 2 is 0.733 bits per heavy atom. The van der Waals surface area contributed by atoms with E-state index in [2.05, 4.69) is 12.3 Å². The van der Waals surface area contributed by atoms with Crippen molar-refractivity contribution in [2.75, 3.05) is 173 Å². The Balaban J connectivity index is 1.64. The summed E-state index contributed by atoms with van der Waals surface area (Å²) in [5.74, 6) is 0. The van der Waals surface area contributed by atoms with Crippen LogP contribution in [0.3, 0.4) is 0 Å². The number of quaternary nitrogens is 1. The van der Waals surface area contributed by atoms with E-state index in [0.717, 1.165) is 19.4 Å². The van der Waals surface area contributed by atoms with Crippen molar-refractivity contribution in [2.24, 2.45) is 0 Å². The molecule has 1 aliphatic heterocycles. The predicted molar refractivity (Wildman–Crippen MR) is 166 cm³/mol. The van der Waals surface area contributed by atoms with Crippen LogP contribution in [0.2, 0.25) is 0 Å². The second-order valence-electron chi connectivity index (χ2n) is 10.2. The van der Waals surface area contributed by atoms with E-state index in [4.69, 9.17) is 56.8 Å². The van der Waals surface area contributed by atoms with Gasteiger partial charge < -0.3 is 61.9 Å². The van der Waals surface area contributed by atoms with Crippen molar-refractivity contribution in [1.29, 1.82) is 0 Å². The Morgan fingerprint density at radius 1 is 0.467 bits per heavy atom. The zero-order chi connectivity index (χ0) is 32.4. The predicted octanol–water partition coefficient (Wildman–Crippen LogP) is 0.888. The van der Waals surface area contributed by atoms with Gasteiger partial charge in [0.05, 0.1) is 165 Å². The fraction of sp³-hybridized carbons (Fsp3) is 0.935. The molecule has 45 heavy (non-hydrogen) atoms. The molecule has 0 fully saturated rings. The Bertz CT molecular complexity index is 634. The maximum absolute atomic E-state index is 10.1. The second-order valence-corrected chi connectivity index (χ2v) is 10.2. The van der Waals surface area contributed by atoms with Gasteiger partial charge in [0, 0.05) is 13.5 Å². The Hall–Kier alpha value is -0.820. The maximum atomic E-state index is 10.1. The lowest BCUT2D eigenvalue weighted by Gasteiger charge is -2.37. The number of likely N-dealkylation sites (N-methyl/N-ethyl adjacent to an activating group) is 1. The molecular weight excluding hydrogens is 594 g/mol. The fourth-order valence-corrected chi connectivity index (χ4v) is 3.88. The van der Waals surface area contributed by atoms with Crippen LogP contribution < -0.4 is 0 Å². The summed E-state index contributed by atoms with van der Waals surface area (Å²) in [6, 6.07) is 0. The van der Waals surface area contributed by atoms with E-state index in [1.54, 1.807) is 7.11 Å². The SMILES string of the molecule is COCCOCCOCCOCCOCCOCCOCCOCCOCCOCCOCCOCC[N+]1(C)C=CCCC1O. The van der Waals surface area contributed by atoms with Crippen molar-refractivity contribution < 1.29 is 66.4 Å². The van der Waals surface area contributed by atoms with Gasteiger partial charge in [0.25, 0.3) is 0 Å². The molecular formula is C31H62NO13+. The zero-order valence-corrected chi connectivity index (χ0v) is 27.9. The summed E-state index contributed by atoms with van der Waals surface area (Å²) in [4.78, 5) is 0. The van der Waals surface area contributed by atoms with E-state index in [-0.39, 0.29) is 6.23 Å². The minimum absolute atomic E-state index is 0.351. The molecule has 1 heterocycles. The van der Waals surface area contributed by atoms with Gasteiger partial charge in [0.2, 0.25) is 0 Å². The first-order valence-corrected chi connectivity index (χ1v) is 16.2. The molecule has 0 aromatic heterocycles. The summed E-state index contributed by atoms with van der Waals surface area (Å²) in [5.41, 5.74) is 0. The van der Waals surface area contributed by atoms with Gasteiger partial charge in [-0.1, -0.05) is 0 Å². The number of hydrogen-bond acceptors (Lipinski definition) is 13. The molecule has 0 saturated heterocycles. The average Bonchev–Trinajstić information content (AvgIpc) is 3.04. The molecule has 0 aromatic rings. The Kier molecular flexibility index (Phi) is 31.0. The van der Waals surface area contributed by atoms with E-state index in [0.29, 0.717) is 156 Å². The van der Waals surface area contributed by atoms with Crippen molar-refractivity contribution in [1.82, 2.24) is 0 Å². The molecule has 1 rings (SSSR count). The van der Waals surface area contributed by atoms with Gasteiger partial charge in [-0.25, -0.2) is 0 Å². The highest BCUT2D eigenvalue weighted by atomic mass is 16.6. The third-order valence-electron chi connectivity index (χ3n) is 6.59. The van der Waals surface area contributed by atoms with Crippen molar-refractivity contribution in [3.63, 3.8) is 0 Å². The van der Waals surface area contributed by atoms with E-state index in [1.165, 1.54) is 0 Å². The summed E-state index contributed by atoms with van der Waals surface area (Å²) < 4.78 is 65.6. The van der Waals surface area contributed by atoms with Gasteiger partial charge in [0.15, 0.2) is 6.23 Å². The molecule has 0 radical (unpaired) electrons. The largest absolute Gasteiger partial charge is 0.382 e. The fourth-order valence-electron chi connectivity index (χ4n) is 3.88. The molecule has 2 unspecified atom stereocenters. The molecule has 0 spiro atoms. The number of ether oxygens (including phenoxy) is 12. The van der Waals surface area contributed by atoms with Crippen molar-refractivity contribution in [2.45, 2.75) is 19.1 Å². The van der Waals surface area contributed by atoms with Crippen LogP contribution in [0.4, 0.5) is 0 Å². The second kappa shape index (κ2) is 33.1. The molecule has 14 nitrogen and oxygen atoms in total. The van der Waals surface area contributed by atoms with Crippen LogP contribution in [-0.4, -0.2) is 188 Å². The van der Waals surface area contributed by atoms with Crippen molar-refractivity contribution in [3.05, 3.63) is 12.3 Å². The topological polar surface area (TPSA) is 131 Å². The van der Waals surface area contributed by atoms with Crippen LogP contribution in [0.25, 0.3) is 0 Å². The number of rotatable bonds is 36. The molecule has 0 aliphatic carbocycles. The zero-order valence-electron chi connectivity index (χ0n) is 27.9. The van der Waals surface area contributed by atoms with E-state index in [9.17, 15) is 5.11 Å². The summed E-state index contributed by atoms with van der Waals surface area (Å²) in [6.07, 6.45) is 5.56. The summed E-state index contributed by atoms with van der Waals surface area (Å²) >= 11 is 0. The van der Waals surface area contributed by atoms with Gasteiger partial charge in [-0.05, 0) is 12.5 Å². The average molecular weight is 657 g/mol. The van der Waals surface area contributed by atoms with E-state index >= 15 is 0 Å². The Labute approximate surface area is 270 Å². The summed E-state index contributed by atoms with van der Waals surface area (Å²) in [7, 11) is 3.67. The van der Waals surface area contributed by atoms with E-state index < -0.39 is 0 Å². The van der Waals surface area contributed by atoms with Gasteiger partial charge in [-0.15, -0.1) is 0 Å². The monoisotopic (exact) mass is 656 g/mol. The van der Waals surface area contributed by atoms with Gasteiger partial charge in [-0.3, -0.25) is 4.48 Å². The third-order valence-corrected chi connectivity index (χ3v) is 6.59. The van der Waals surface area contributed by atoms with Gasteiger partial charge in [-0.2, -0.15) is 0 Å². The molecule has 268 valence electrons. The summed E-state index contributed by atoms with van der Waals surface area (Å²) in [6.45, 7) is 12.9. The smallest absolute Gasteiger partial charge is 0.194 e. The van der Waals surface area contributed by atoms with E-state index in [1.807, 2.05) is 7.05 Å². The van der Waals surface area contributed by atoms with Gasteiger partial charge >= 0.3 is 0 Å².